The third-order valence-corrected chi connectivity index (χ3v) is 2.35. The van der Waals surface area contributed by atoms with Crippen molar-refractivity contribution in [1.82, 2.24) is 0 Å². The van der Waals surface area contributed by atoms with Crippen LogP contribution in [0.4, 0.5) is 0 Å². The molecule has 0 spiro atoms. The Morgan fingerprint density at radius 3 is 3.08 bits per heavy atom. The molecule has 2 rings (SSSR count). The second-order valence-corrected chi connectivity index (χ2v) is 3.26. The van der Waals surface area contributed by atoms with E-state index in [1.54, 1.807) is 7.11 Å². The summed E-state index contributed by atoms with van der Waals surface area (Å²) in [6, 6.07) is 6.19. The maximum Gasteiger partial charge on any atom is 0.122 e. The highest BCUT2D eigenvalue weighted by molar-refractivity contribution is 5.61. The van der Waals surface area contributed by atoms with Crippen LogP contribution in [0.1, 0.15) is 11.1 Å². The molecule has 2 nitrogen and oxygen atoms in total. The molecule has 0 aliphatic heterocycles. The maximum absolute atomic E-state index is 5.83. The van der Waals surface area contributed by atoms with Crippen molar-refractivity contribution < 1.29 is 4.74 Å². The number of benzene rings is 1. The summed E-state index contributed by atoms with van der Waals surface area (Å²) in [5, 5.41) is 0. The third kappa shape index (κ3) is 1.45. The Kier molecular flexibility index (Phi) is 2.07. The zero-order chi connectivity index (χ0) is 9.26. The van der Waals surface area contributed by atoms with Crippen LogP contribution in [0.15, 0.2) is 24.3 Å². The predicted octanol–water partition coefficient (Wildman–Crippen LogP) is 1.59. The number of hydrogen-bond acceptors (Lipinski definition) is 2. The Morgan fingerprint density at radius 1 is 1.46 bits per heavy atom. The van der Waals surface area contributed by atoms with Gasteiger partial charge in [0, 0.05) is 11.6 Å². The molecule has 0 aromatic heterocycles. The number of ether oxygens (including phenoxy) is 1. The van der Waals surface area contributed by atoms with Crippen LogP contribution in [0, 0.1) is 0 Å². The molecule has 1 aromatic rings. The van der Waals surface area contributed by atoms with Gasteiger partial charge in [0.15, 0.2) is 0 Å². The van der Waals surface area contributed by atoms with Crippen molar-refractivity contribution in [3.63, 3.8) is 0 Å². The number of hydrogen-bond donors (Lipinski definition) is 1. The Balaban J connectivity index is 2.49. The van der Waals surface area contributed by atoms with Gasteiger partial charge in [-0.15, -0.1) is 0 Å². The molecule has 0 radical (unpaired) electrons. The van der Waals surface area contributed by atoms with Crippen molar-refractivity contribution in [2.45, 2.75) is 12.5 Å². The lowest BCUT2D eigenvalue weighted by Gasteiger charge is -2.18. The van der Waals surface area contributed by atoms with E-state index in [0.717, 1.165) is 12.2 Å². The molecule has 1 atom stereocenters. The SMILES string of the molecule is COc1cccc2c1CC(N)C=C2. The molecular formula is C11H13NO. The highest BCUT2D eigenvalue weighted by atomic mass is 16.5. The van der Waals surface area contributed by atoms with E-state index in [1.807, 2.05) is 18.2 Å². The van der Waals surface area contributed by atoms with Gasteiger partial charge in [0.1, 0.15) is 5.75 Å². The molecule has 0 saturated heterocycles. The van der Waals surface area contributed by atoms with E-state index in [9.17, 15) is 0 Å². The standard InChI is InChI=1S/C11H13NO/c1-13-11-4-2-3-8-5-6-9(12)7-10(8)11/h2-6,9H,7,12H2,1H3. The summed E-state index contributed by atoms with van der Waals surface area (Å²) < 4.78 is 5.27. The monoisotopic (exact) mass is 175 g/mol. The van der Waals surface area contributed by atoms with Gasteiger partial charge in [0.05, 0.1) is 7.11 Å². The van der Waals surface area contributed by atoms with E-state index in [2.05, 4.69) is 12.1 Å². The van der Waals surface area contributed by atoms with Gasteiger partial charge in [-0.2, -0.15) is 0 Å². The highest BCUT2D eigenvalue weighted by Crippen LogP contribution is 2.27. The molecular weight excluding hydrogens is 162 g/mol. The molecule has 1 unspecified atom stereocenters. The molecule has 0 bridgehead atoms. The van der Waals surface area contributed by atoms with Crippen molar-refractivity contribution in [2.75, 3.05) is 7.11 Å². The number of fused-ring (bicyclic) bond motifs is 1. The van der Waals surface area contributed by atoms with Gasteiger partial charge in [-0.25, -0.2) is 0 Å². The smallest absolute Gasteiger partial charge is 0.122 e. The third-order valence-electron chi connectivity index (χ3n) is 2.35. The quantitative estimate of drug-likeness (QED) is 0.703. The fourth-order valence-corrected chi connectivity index (χ4v) is 1.68. The molecule has 0 amide bonds. The van der Waals surface area contributed by atoms with E-state index in [4.69, 9.17) is 10.5 Å². The number of nitrogens with two attached hydrogens (primary N) is 1. The lowest BCUT2D eigenvalue weighted by Crippen LogP contribution is -2.22. The van der Waals surface area contributed by atoms with Crippen molar-refractivity contribution in [3.05, 3.63) is 35.4 Å². The van der Waals surface area contributed by atoms with Crippen LogP contribution in [0.2, 0.25) is 0 Å². The van der Waals surface area contributed by atoms with Gasteiger partial charge in [-0.1, -0.05) is 24.3 Å². The van der Waals surface area contributed by atoms with Gasteiger partial charge < -0.3 is 10.5 Å². The average molecular weight is 175 g/mol. The second kappa shape index (κ2) is 3.23. The van der Waals surface area contributed by atoms with Crippen LogP contribution in [-0.2, 0) is 6.42 Å². The molecule has 0 saturated carbocycles. The van der Waals surface area contributed by atoms with Crippen LogP contribution < -0.4 is 10.5 Å². The molecule has 68 valence electrons. The predicted molar refractivity (Wildman–Crippen MR) is 53.7 cm³/mol. The number of methoxy groups -OCH3 is 1. The average Bonchev–Trinajstić information content (AvgIpc) is 2.17. The topological polar surface area (TPSA) is 35.2 Å². The zero-order valence-electron chi connectivity index (χ0n) is 7.66. The zero-order valence-corrected chi connectivity index (χ0v) is 7.66. The summed E-state index contributed by atoms with van der Waals surface area (Å²) in [4.78, 5) is 0. The van der Waals surface area contributed by atoms with Gasteiger partial charge in [-0.3, -0.25) is 0 Å². The first-order valence-electron chi connectivity index (χ1n) is 4.41. The summed E-state index contributed by atoms with van der Waals surface area (Å²) in [6.07, 6.45) is 4.96. The second-order valence-electron chi connectivity index (χ2n) is 3.26. The van der Waals surface area contributed by atoms with Crippen molar-refractivity contribution in [1.29, 1.82) is 0 Å². The summed E-state index contributed by atoms with van der Waals surface area (Å²) >= 11 is 0. The van der Waals surface area contributed by atoms with Crippen molar-refractivity contribution >= 4 is 6.08 Å². The van der Waals surface area contributed by atoms with Gasteiger partial charge in [0.2, 0.25) is 0 Å². The van der Waals surface area contributed by atoms with E-state index in [0.29, 0.717) is 0 Å². The van der Waals surface area contributed by atoms with E-state index in [1.165, 1.54) is 11.1 Å². The summed E-state index contributed by atoms with van der Waals surface area (Å²) in [5.41, 5.74) is 8.28. The molecule has 0 fully saturated rings. The van der Waals surface area contributed by atoms with Crippen LogP contribution >= 0.6 is 0 Å². The van der Waals surface area contributed by atoms with Gasteiger partial charge >= 0.3 is 0 Å². The first-order chi connectivity index (χ1) is 6.31. The van der Waals surface area contributed by atoms with E-state index < -0.39 is 0 Å². The van der Waals surface area contributed by atoms with Crippen molar-refractivity contribution in [2.24, 2.45) is 5.73 Å². The number of rotatable bonds is 1. The minimum atomic E-state index is 0.129. The van der Waals surface area contributed by atoms with E-state index in [-0.39, 0.29) is 6.04 Å². The first kappa shape index (κ1) is 8.32. The van der Waals surface area contributed by atoms with Crippen LogP contribution in [0.3, 0.4) is 0 Å². The summed E-state index contributed by atoms with van der Waals surface area (Å²) in [6.45, 7) is 0. The molecule has 2 heteroatoms. The Morgan fingerprint density at radius 2 is 2.31 bits per heavy atom. The van der Waals surface area contributed by atoms with Crippen LogP contribution in [0.25, 0.3) is 6.08 Å². The maximum atomic E-state index is 5.83. The van der Waals surface area contributed by atoms with Gasteiger partial charge in [-0.05, 0) is 18.1 Å². The van der Waals surface area contributed by atoms with E-state index >= 15 is 0 Å². The first-order valence-corrected chi connectivity index (χ1v) is 4.41. The van der Waals surface area contributed by atoms with Crippen LogP contribution in [0.5, 0.6) is 5.75 Å². The molecule has 0 heterocycles. The summed E-state index contributed by atoms with van der Waals surface area (Å²) in [7, 11) is 1.69. The molecule has 13 heavy (non-hydrogen) atoms. The molecule has 1 aliphatic rings. The lowest BCUT2D eigenvalue weighted by molar-refractivity contribution is 0.408. The lowest BCUT2D eigenvalue weighted by atomic mass is 9.94. The largest absolute Gasteiger partial charge is 0.496 e. The minimum absolute atomic E-state index is 0.129. The van der Waals surface area contributed by atoms with Gasteiger partial charge in [0.25, 0.3) is 0 Å². The fourth-order valence-electron chi connectivity index (χ4n) is 1.68. The normalized spacial score (nSPS) is 19.7. The molecule has 2 N–H and O–H groups in total. The minimum Gasteiger partial charge on any atom is -0.496 e. The van der Waals surface area contributed by atoms with Crippen molar-refractivity contribution in [3.8, 4) is 5.75 Å². The Labute approximate surface area is 78.0 Å². The highest BCUT2D eigenvalue weighted by Gasteiger charge is 2.13. The Bertz CT molecular complexity index is 344. The summed E-state index contributed by atoms with van der Waals surface area (Å²) in [5.74, 6) is 0.942. The van der Waals surface area contributed by atoms with Crippen LogP contribution in [-0.4, -0.2) is 13.2 Å². The fraction of sp³-hybridized carbons (Fsp3) is 0.273. The molecule has 1 aromatic carbocycles. The molecule has 1 aliphatic carbocycles. The Hall–Kier alpha value is -1.28.